The van der Waals surface area contributed by atoms with Crippen LogP contribution in [0.3, 0.4) is 0 Å². The van der Waals surface area contributed by atoms with Gasteiger partial charge in [0.2, 0.25) is 0 Å². The van der Waals surface area contributed by atoms with E-state index in [9.17, 15) is 10.1 Å². The Morgan fingerprint density at radius 1 is 1.24 bits per heavy atom. The fourth-order valence-electron chi connectivity index (χ4n) is 2.16. The van der Waals surface area contributed by atoms with Crippen LogP contribution in [0, 0.1) is 21.4 Å². The Morgan fingerprint density at radius 3 is 2.57 bits per heavy atom. The number of nitrogens with zero attached hydrogens (tertiary/aromatic N) is 2. The van der Waals surface area contributed by atoms with Gasteiger partial charge in [-0.3, -0.25) is 10.1 Å². The number of nitro benzene ring substituents is 1. The summed E-state index contributed by atoms with van der Waals surface area (Å²) in [7, 11) is 0. The molecular formula is C16H15N3O2. The summed E-state index contributed by atoms with van der Waals surface area (Å²) in [5.74, 6) is 0. The number of rotatable bonds is 5. The van der Waals surface area contributed by atoms with Gasteiger partial charge in [-0.1, -0.05) is 31.2 Å². The first-order chi connectivity index (χ1) is 10.2. The van der Waals surface area contributed by atoms with Gasteiger partial charge in [0.25, 0.3) is 5.69 Å². The van der Waals surface area contributed by atoms with Gasteiger partial charge >= 0.3 is 0 Å². The summed E-state index contributed by atoms with van der Waals surface area (Å²) < 4.78 is 0. The standard InChI is InChI=1S/C16H15N3O2/c1-2-12-5-3-4-6-14(12)11-18-15-8-7-13(10-17)16(9-15)19(20)21/h3-9,18H,2,11H2,1H3. The van der Waals surface area contributed by atoms with Gasteiger partial charge in [0, 0.05) is 18.3 Å². The van der Waals surface area contributed by atoms with Crippen molar-refractivity contribution in [1.29, 1.82) is 5.26 Å². The zero-order valence-electron chi connectivity index (χ0n) is 11.7. The summed E-state index contributed by atoms with van der Waals surface area (Å²) in [5.41, 5.74) is 2.93. The van der Waals surface area contributed by atoms with Gasteiger partial charge in [0.15, 0.2) is 0 Å². The van der Waals surface area contributed by atoms with Crippen LogP contribution in [0.15, 0.2) is 42.5 Å². The minimum Gasteiger partial charge on any atom is -0.381 e. The first-order valence-corrected chi connectivity index (χ1v) is 6.65. The zero-order valence-corrected chi connectivity index (χ0v) is 11.7. The quantitative estimate of drug-likeness (QED) is 0.670. The molecule has 5 heteroatoms. The Labute approximate surface area is 123 Å². The second-order valence-corrected chi connectivity index (χ2v) is 4.58. The highest BCUT2D eigenvalue weighted by Crippen LogP contribution is 2.23. The van der Waals surface area contributed by atoms with Crippen LogP contribution in [-0.2, 0) is 13.0 Å². The van der Waals surface area contributed by atoms with Crippen molar-refractivity contribution in [2.45, 2.75) is 19.9 Å². The van der Waals surface area contributed by atoms with Gasteiger partial charge in [-0.05, 0) is 29.7 Å². The van der Waals surface area contributed by atoms with E-state index in [-0.39, 0.29) is 11.3 Å². The molecule has 0 saturated heterocycles. The van der Waals surface area contributed by atoms with E-state index in [1.807, 2.05) is 24.3 Å². The average molecular weight is 281 g/mol. The molecule has 0 fully saturated rings. The van der Waals surface area contributed by atoms with Crippen LogP contribution in [0.4, 0.5) is 11.4 Å². The molecule has 0 bridgehead atoms. The van der Waals surface area contributed by atoms with E-state index in [1.165, 1.54) is 17.7 Å². The monoisotopic (exact) mass is 281 g/mol. The van der Waals surface area contributed by atoms with E-state index in [0.717, 1.165) is 12.0 Å². The topological polar surface area (TPSA) is 79.0 Å². The highest BCUT2D eigenvalue weighted by molar-refractivity contribution is 5.59. The molecule has 0 aliphatic heterocycles. The molecule has 2 aromatic rings. The largest absolute Gasteiger partial charge is 0.381 e. The molecule has 2 rings (SSSR count). The lowest BCUT2D eigenvalue weighted by atomic mass is 10.1. The number of hydrogen-bond acceptors (Lipinski definition) is 4. The Kier molecular flexibility index (Phi) is 4.52. The maximum Gasteiger partial charge on any atom is 0.289 e. The smallest absolute Gasteiger partial charge is 0.289 e. The summed E-state index contributed by atoms with van der Waals surface area (Å²) in [4.78, 5) is 10.4. The summed E-state index contributed by atoms with van der Waals surface area (Å²) in [6.07, 6.45) is 0.936. The maximum atomic E-state index is 10.9. The SMILES string of the molecule is CCc1ccccc1CNc1ccc(C#N)c([N+](=O)[O-])c1. The van der Waals surface area contributed by atoms with Crippen molar-refractivity contribution >= 4 is 11.4 Å². The molecule has 5 nitrogen and oxygen atoms in total. The lowest BCUT2D eigenvalue weighted by Crippen LogP contribution is -2.03. The van der Waals surface area contributed by atoms with E-state index in [2.05, 4.69) is 18.3 Å². The minimum atomic E-state index is -0.538. The Bertz CT molecular complexity index is 705. The van der Waals surface area contributed by atoms with Crippen LogP contribution in [-0.4, -0.2) is 4.92 Å². The molecule has 0 atom stereocenters. The first-order valence-electron chi connectivity index (χ1n) is 6.65. The van der Waals surface area contributed by atoms with Crippen LogP contribution in [0.2, 0.25) is 0 Å². The van der Waals surface area contributed by atoms with E-state index < -0.39 is 4.92 Å². The molecule has 106 valence electrons. The molecule has 2 aromatic carbocycles. The Morgan fingerprint density at radius 2 is 1.95 bits per heavy atom. The van der Waals surface area contributed by atoms with Crippen molar-refractivity contribution < 1.29 is 4.92 Å². The normalized spacial score (nSPS) is 9.90. The van der Waals surface area contributed by atoms with Gasteiger partial charge in [-0.2, -0.15) is 5.26 Å². The Hall–Kier alpha value is -2.87. The predicted octanol–water partition coefficient (Wildman–Crippen LogP) is 3.64. The molecule has 0 aliphatic rings. The van der Waals surface area contributed by atoms with E-state index in [4.69, 9.17) is 5.26 Å². The van der Waals surface area contributed by atoms with E-state index >= 15 is 0 Å². The second-order valence-electron chi connectivity index (χ2n) is 4.58. The van der Waals surface area contributed by atoms with Gasteiger partial charge in [-0.15, -0.1) is 0 Å². The molecule has 0 unspecified atom stereocenters. The Balaban J connectivity index is 2.19. The third-order valence-electron chi connectivity index (χ3n) is 3.30. The van der Waals surface area contributed by atoms with Crippen LogP contribution < -0.4 is 5.32 Å². The van der Waals surface area contributed by atoms with Gasteiger partial charge in [0.05, 0.1) is 4.92 Å². The highest BCUT2D eigenvalue weighted by atomic mass is 16.6. The third-order valence-corrected chi connectivity index (χ3v) is 3.30. The molecular weight excluding hydrogens is 266 g/mol. The highest BCUT2D eigenvalue weighted by Gasteiger charge is 2.14. The van der Waals surface area contributed by atoms with Crippen LogP contribution in [0.25, 0.3) is 0 Å². The molecule has 0 aromatic heterocycles. The van der Waals surface area contributed by atoms with Gasteiger partial charge < -0.3 is 5.32 Å². The number of nitro groups is 1. The number of anilines is 1. The fraction of sp³-hybridized carbons (Fsp3) is 0.188. The third kappa shape index (κ3) is 3.37. The average Bonchev–Trinajstić information content (AvgIpc) is 2.52. The predicted molar refractivity (Wildman–Crippen MR) is 81.0 cm³/mol. The number of nitrogens with one attached hydrogen (secondary N) is 1. The molecule has 0 heterocycles. The fourth-order valence-corrected chi connectivity index (χ4v) is 2.16. The van der Waals surface area contributed by atoms with E-state index in [0.29, 0.717) is 12.2 Å². The molecule has 0 amide bonds. The number of hydrogen-bond donors (Lipinski definition) is 1. The van der Waals surface area contributed by atoms with Crippen molar-refractivity contribution in [3.8, 4) is 6.07 Å². The first kappa shape index (κ1) is 14.5. The van der Waals surface area contributed by atoms with E-state index in [1.54, 1.807) is 6.07 Å². The second kappa shape index (κ2) is 6.53. The summed E-state index contributed by atoms with van der Waals surface area (Å²) >= 11 is 0. The zero-order chi connectivity index (χ0) is 15.2. The van der Waals surface area contributed by atoms with Crippen molar-refractivity contribution in [2.75, 3.05) is 5.32 Å². The number of benzene rings is 2. The van der Waals surface area contributed by atoms with Crippen molar-refractivity contribution in [3.63, 3.8) is 0 Å². The molecule has 0 radical (unpaired) electrons. The number of nitriles is 1. The lowest BCUT2D eigenvalue weighted by molar-refractivity contribution is -0.385. The summed E-state index contributed by atoms with van der Waals surface area (Å²) in [5, 5.41) is 23.0. The molecule has 0 spiro atoms. The van der Waals surface area contributed by atoms with Crippen molar-refractivity contribution in [2.24, 2.45) is 0 Å². The molecule has 21 heavy (non-hydrogen) atoms. The minimum absolute atomic E-state index is 0.0690. The lowest BCUT2D eigenvalue weighted by Gasteiger charge is -2.10. The summed E-state index contributed by atoms with van der Waals surface area (Å²) in [6.45, 7) is 2.68. The maximum absolute atomic E-state index is 10.9. The van der Waals surface area contributed by atoms with Crippen LogP contribution >= 0.6 is 0 Å². The van der Waals surface area contributed by atoms with Gasteiger partial charge in [0.1, 0.15) is 11.6 Å². The molecule has 0 aliphatic carbocycles. The van der Waals surface area contributed by atoms with Crippen molar-refractivity contribution in [1.82, 2.24) is 0 Å². The molecule has 1 N–H and O–H groups in total. The van der Waals surface area contributed by atoms with Crippen LogP contribution in [0.5, 0.6) is 0 Å². The van der Waals surface area contributed by atoms with Gasteiger partial charge in [-0.25, -0.2) is 0 Å². The summed E-state index contributed by atoms with van der Waals surface area (Å²) in [6, 6.07) is 14.4. The number of aryl methyl sites for hydroxylation is 1. The van der Waals surface area contributed by atoms with Crippen LogP contribution in [0.1, 0.15) is 23.6 Å². The van der Waals surface area contributed by atoms with Crippen molar-refractivity contribution in [3.05, 3.63) is 69.3 Å². The molecule has 0 saturated carbocycles.